The van der Waals surface area contributed by atoms with Gasteiger partial charge >= 0.3 is 0 Å². The maximum Gasteiger partial charge on any atom is 0.254 e. The molecule has 88 valence electrons. The predicted molar refractivity (Wildman–Crippen MR) is 61.7 cm³/mol. The van der Waals surface area contributed by atoms with Crippen LogP contribution in [0.5, 0.6) is 0 Å². The normalized spacial score (nSPS) is 10.2. The molecule has 0 saturated carbocycles. The minimum atomic E-state index is -0.835. The zero-order valence-electron chi connectivity index (χ0n) is 8.60. The van der Waals surface area contributed by atoms with E-state index in [0.717, 1.165) is 30.3 Å². The number of unbranched alkanes of at least 4 members (excludes halogenated alkanes) is 1. The molecule has 0 saturated heterocycles. The van der Waals surface area contributed by atoms with E-state index in [1.54, 1.807) is 0 Å². The van der Waals surface area contributed by atoms with Crippen LogP contribution in [-0.4, -0.2) is 17.8 Å². The standard InChI is InChI=1S/C11H12BrF2NO/c12-5-1-2-6-15-11(16)9-4-3-8(13)7-10(9)14/h3-4,7H,1-2,5-6H2,(H,15,16). The van der Waals surface area contributed by atoms with E-state index in [2.05, 4.69) is 21.2 Å². The average Bonchev–Trinajstić information content (AvgIpc) is 2.24. The van der Waals surface area contributed by atoms with Crippen LogP contribution < -0.4 is 5.32 Å². The molecule has 0 radical (unpaired) electrons. The van der Waals surface area contributed by atoms with Crippen LogP contribution in [0.25, 0.3) is 0 Å². The van der Waals surface area contributed by atoms with E-state index in [0.29, 0.717) is 12.6 Å². The van der Waals surface area contributed by atoms with Crippen molar-refractivity contribution < 1.29 is 13.6 Å². The lowest BCUT2D eigenvalue weighted by Gasteiger charge is -2.05. The Morgan fingerprint density at radius 1 is 1.31 bits per heavy atom. The molecule has 1 rings (SSSR count). The Bertz CT molecular complexity index is 371. The van der Waals surface area contributed by atoms with Gasteiger partial charge in [0.1, 0.15) is 11.6 Å². The molecule has 0 bridgehead atoms. The third-order valence-corrected chi connectivity index (χ3v) is 2.58. The summed E-state index contributed by atoms with van der Waals surface area (Å²) in [5.41, 5.74) is -0.125. The molecule has 2 nitrogen and oxygen atoms in total. The highest BCUT2D eigenvalue weighted by Gasteiger charge is 2.11. The smallest absolute Gasteiger partial charge is 0.254 e. The topological polar surface area (TPSA) is 29.1 Å². The van der Waals surface area contributed by atoms with Crippen molar-refractivity contribution in [3.8, 4) is 0 Å². The summed E-state index contributed by atoms with van der Waals surface area (Å²) in [5.74, 6) is -2.03. The van der Waals surface area contributed by atoms with Crippen LogP contribution >= 0.6 is 15.9 Å². The van der Waals surface area contributed by atoms with Crippen molar-refractivity contribution in [2.45, 2.75) is 12.8 Å². The first kappa shape index (κ1) is 13.1. The Morgan fingerprint density at radius 2 is 2.06 bits per heavy atom. The van der Waals surface area contributed by atoms with Gasteiger partial charge in [0.25, 0.3) is 5.91 Å². The first-order valence-corrected chi connectivity index (χ1v) is 6.06. The van der Waals surface area contributed by atoms with Gasteiger partial charge in [-0.15, -0.1) is 0 Å². The van der Waals surface area contributed by atoms with E-state index in [1.165, 1.54) is 0 Å². The van der Waals surface area contributed by atoms with Crippen LogP contribution in [-0.2, 0) is 0 Å². The second kappa shape index (κ2) is 6.58. The Kier molecular flexibility index (Phi) is 5.38. The second-order valence-corrected chi connectivity index (χ2v) is 4.07. The molecule has 0 aliphatic heterocycles. The molecule has 0 aliphatic carbocycles. The van der Waals surface area contributed by atoms with Gasteiger partial charge in [0.15, 0.2) is 0 Å². The summed E-state index contributed by atoms with van der Waals surface area (Å²) < 4.78 is 25.8. The summed E-state index contributed by atoms with van der Waals surface area (Å²) >= 11 is 3.27. The minimum Gasteiger partial charge on any atom is -0.352 e. The Balaban J connectivity index is 2.53. The molecule has 0 spiro atoms. The number of halogens is 3. The third kappa shape index (κ3) is 3.89. The SMILES string of the molecule is O=C(NCCCCBr)c1ccc(F)cc1F. The van der Waals surface area contributed by atoms with Crippen molar-refractivity contribution in [2.75, 3.05) is 11.9 Å². The number of nitrogens with one attached hydrogen (secondary N) is 1. The molecule has 1 N–H and O–H groups in total. The zero-order valence-corrected chi connectivity index (χ0v) is 10.2. The van der Waals surface area contributed by atoms with Gasteiger partial charge in [0.05, 0.1) is 5.56 Å². The molecule has 0 fully saturated rings. The van der Waals surface area contributed by atoms with Gasteiger partial charge in [-0.3, -0.25) is 4.79 Å². The van der Waals surface area contributed by atoms with Gasteiger partial charge < -0.3 is 5.32 Å². The van der Waals surface area contributed by atoms with E-state index in [4.69, 9.17) is 0 Å². The fourth-order valence-corrected chi connectivity index (χ4v) is 1.59. The van der Waals surface area contributed by atoms with E-state index < -0.39 is 17.5 Å². The third-order valence-electron chi connectivity index (χ3n) is 2.02. The predicted octanol–water partition coefficient (Wildman–Crippen LogP) is 2.87. The lowest BCUT2D eigenvalue weighted by atomic mass is 10.2. The summed E-state index contributed by atoms with van der Waals surface area (Å²) in [6, 6.07) is 2.91. The Hall–Kier alpha value is -0.970. The molecular weight excluding hydrogens is 280 g/mol. The summed E-state index contributed by atoms with van der Waals surface area (Å²) in [4.78, 5) is 11.5. The summed E-state index contributed by atoms with van der Waals surface area (Å²) in [5, 5.41) is 3.44. The first-order chi connectivity index (χ1) is 7.65. The molecule has 1 amide bonds. The lowest BCUT2D eigenvalue weighted by Crippen LogP contribution is -2.25. The maximum absolute atomic E-state index is 13.2. The number of benzene rings is 1. The minimum absolute atomic E-state index is 0.125. The highest BCUT2D eigenvalue weighted by atomic mass is 79.9. The summed E-state index contributed by atoms with van der Waals surface area (Å²) in [6.07, 6.45) is 1.76. The van der Waals surface area contributed by atoms with Crippen molar-refractivity contribution in [3.63, 3.8) is 0 Å². The molecule has 0 heterocycles. The average molecular weight is 292 g/mol. The van der Waals surface area contributed by atoms with Gasteiger partial charge in [0.2, 0.25) is 0 Å². The highest BCUT2D eigenvalue weighted by Crippen LogP contribution is 2.09. The molecule has 16 heavy (non-hydrogen) atoms. The Morgan fingerprint density at radius 3 is 2.69 bits per heavy atom. The van der Waals surface area contributed by atoms with Crippen LogP contribution in [0.1, 0.15) is 23.2 Å². The van der Waals surface area contributed by atoms with Crippen LogP contribution in [0.15, 0.2) is 18.2 Å². The number of carbonyl (C=O) groups is 1. The zero-order chi connectivity index (χ0) is 12.0. The van der Waals surface area contributed by atoms with Crippen LogP contribution in [0.3, 0.4) is 0 Å². The maximum atomic E-state index is 13.2. The van der Waals surface area contributed by atoms with Crippen molar-refractivity contribution in [1.82, 2.24) is 5.32 Å². The number of carbonyl (C=O) groups excluding carboxylic acids is 1. The summed E-state index contributed by atoms with van der Waals surface area (Å²) in [6.45, 7) is 0.487. The van der Waals surface area contributed by atoms with E-state index in [1.807, 2.05) is 0 Å². The number of hydrogen-bond donors (Lipinski definition) is 1. The van der Waals surface area contributed by atoms with Gasteiger partial charge in [-0.2, -0.15) is 0 Å². The molecule has 0 unspecified atom stereocenters. The van der Waals surface area contributed by atoms with Gasteiger partial charge in [-0.1, -0.05) is 15.9 Å². The lowest BCUT2D eigenvalue weighted by molar-refractivity contribution is 0.0949. The Labute approximate surface area is 101 Å². The number of rotatable bonds is 5. The van der Waals surface area contributed by atoms with Crippen molar-refractivity contribution >= 4 is 21.8 Å². The molecule has 1 aromatic carbocycles. The monoisotopic (exact) mass is 291 g/mol. The fraction of sp³-hybridized carbons (Fsp3) is 0.364. The van der Waals surface area contributed by atoms with Gasteiger partial charge in [0, 0.05) is 17.9 Å². The first-order valence-electron chi connectivity index (χ1n) is 4.94. The van der Waals surface area contributed by atoms with E-state index in [-0.39, 0.29) is 5.56 Å². The fourth-order valence-electron chi connectivity index (χ4n) is 1.19. The number of amides is 1. The molecule has 5 heteroatoms. The molecule has 0 atom stereocenters. The van der Waals surface area contributed by atoms with Crippen LogP contribution in [0.4, 0.5) is 8.78 Å². The quantitative estimate of drug-likeness (QED) is 0.656. The van der Waals surface area contributed by atoms with Crippen molar-refractivity contribution in [3.05, 3.63) is 35.4 Å². The van der Waals surface area contributed by atoms with E-state index >= 15 is 0 Å². The van der Waals surface area contributed by atoms with Crippen molar-refractivity contribution in [1.29, 1.82) is 0 Å². The summed E-state index contributed by atoms with van der Waals surface area (Å²) in [7, 11) is 0. The molecular formula is C11H12BrF2NO. The molecule has 1 aromatic rings. The molecule has 0 aromatic heterocycles. The van der Waals surface area contributed by atoms with Crippen LogP contribution in [0.2, 0.25) is 0 Å². The second-order valence-electron chi connectivity index (χ2n) is 3.28. The number of hydrogen-bond acceptors (Lipinski definition) is 1. The van der Waals surface area contributed by atoms with Crippen LogP contribution in [0, 0.1) is 11.6 Å². The van der Waals surface area contributed by atoms with E-state index in [9.17, 15) is 13.6 Å². The molecule has 0 aliphatic rings. The van der Waals surface area contributed by atoms with Gasteiger partial charge in [-0.05, 0) is 25.0 Å². The van der Waals surface area contributed by atoms with Crippen molar-refractivity contribution in [2.24, 2.45) is 0 Å². The highest BCUT2D eigenvalue weighted by molar-refractivity contribution is 9.09. The van der Waals surface area contributed by atoms with Gasteiger partial charge in [-0.25, -0.2) is 8.78 Å². The largest absolute Gasteiger partial charge is 0.352 e. The number of alkyl halides is 1.